The number of aromatic hydroxyl groups is 1. The molecule has 0 amide bonds. The highest BCUT2D eigenvalue weighted by molar-refractivity contribution is 5.25. The molecule has 1 saturated carbocycles. The fraction of sp³-hybridized carbons (Fsp3) is 0.625. The van der Waals surface area contributed by atoms with Crippen LogP contribution in [0.3, 0.4) is 0 Å². The fourth-order valence-electron chi connectivity index (χ4n) is 3.38. The van der Waals surface area contributed by atoms with Crippen LogP contribution >= 0.6 is 0 Å². The van der Waals surface area contributed by atoms with E-state index in [1.165, 1.54) is 24.8 Å². The van der Waals surface area contributed by atoms with E-state index in [0.29, 0.717) is 17.2 Å². The van der Waals surface area contributed by atoms with Gasteiger partial charge in [0.25, 0.3) is 0 Å². The summed E-state index contributed by atoms with van der Waals surface area (Å²) in [6.45, 7) is 8.00. The molecule has 0 spiro atoms. The molecule has 2 N–H and O–H groups in total. The minimum atomic E-state index is 0.339. The van der Waals surface area contributed by atoms with Crippen molar-refractivity contribution in [2.24, 2.45) is 11.3 Å². The Kier molecular flexibility index (Phi) is 3.96. The second-order valence-corrected chi connectivity index (χ2v) is 6.66. The third-order valence-corrected chi connectivity index (χ3v) is 3.92. The highest BCUT2D eigenvalue weighted by Gasteiger charge is 2.31. The molecule has 100 valence electrons. The summed E-state index contributed by atoms with van der Waals surface area (Å²) in [6.07, 6.45) is 3.88. The van der Waals surface area contributed by atoms with E-state index in [1.54, 1.807) is 12.1 Å². The lowest BCUT2D eigenvalue weighted by molar-refractivity contribution is 0.151. The highest BCUT2D eigenvalue weighted by atomic mass is 16.3. The van der Waals surface area contributed by atoms with Crippen molar-refractivity contribution in [2.45, 2.75) is 52.6 Å². The van der Waals surface area contributed by atoms with Crippen LogP contribution in [0.5, 0.6) is 5.75 Å². The van der Waals surface area contributed by atoms with Gasteiger partial charge in [0, 0.05) is 12.6 Å². The molecular weight excluding hydrogens is 222 g/mol. The number of phenolic OH excluding ortho intramolecular Hbond substituents is 1. The van der Waals surface area contributed by atoms with Gasteiger partial charge in [-0.25, -0.2) is 0 Å². The van der Waals surface area contributed by atoms with E-state index in [-0.39, 0.29) is 0 Å². The first-order chi connectivity index (χ1) is 8.44. The van der Waals surface area contributed by atoms with Gasteiger partial charge in [-0.1, -0.05) is 32.9 Å². The lowest BCUT2D eigenvalue weighted by Crippen LogP contribution is -2.39. The first-order valence-electron chi connectivity index (χ1n) is 6.96. The first-order valence-corrected chi connectivity index (χ1v) is 6.96. The zero-order valence-corrected chi connectivity index (χ0v) is 11.7. The SMILES string of the molecule is CC1CC(NCc2ccc(O)cc2)CC(C)(C)C1. The molecule has 2 unspecified atom stereocenters. The summed E-state index contributed by atoms with van der Waals surface area (Å²) < 4.78 is 0. The van der Waals surface area contributed by atoms with Gasteiger partial charge in [-0.15, -0.1) is 0 Å². The Labute approximate surface area is 110 Å². The summed E-state index contributed by atoms with van der Waals surface area (Å²) in [7, 11) is 0. The van der Waals surface area contributed by atoms with Gasteiger partial charge in [0.15, 0.2) is 0 Å². The smallest absolute Gasteiger partial charge is 0.115 e. The number of hydrogen-bond donors (Lipinski definition) is 2. The quantitative estimate of drug-likeness (QED) is 0.853. The first kappa shape index (κ1) is 13.4. The van der Waals surface area contributed by atoms with Crippen molar-refractivity contribution in [1.29, 1.82) is 0 Å². The van der Waals surface area contributed by atoms with Crippen molar-refractivity contribution in [3.05, 3.63) is 29.8 Å². The van der Waals surface area contributed by atoms with Crippen molar-refractivity contribution >= 4 is 0 Å². The molecule has 0 aromatic heterocycles. The normalized spacial score (nSPS) is 27.1. The van der Waals surface area contributed by atoms with E-state index in [0.717, 1.165) is 12.5 Å². The Hall–Kier alpha value is -1.02. The van der Waals surface area contributed by atoms with E-state index >= 15 is 0 Å². The zero-order chi connectivity index (χ0) is 13.2. The van der Waals surface area contributed by atoms with Gasteiger partial charge in [0.05, 0.1) is 0 Å². The Morgan fingerprint density at radius 3 is 2.50 bits per heavy atom. The molecular formula is C16H25NO. The number of hydrogen-bond acceptors (Lipinski definition) is 2. The lowest BCUT2D eigenvalue weighted by atomic mass is 9.70. The highest BCUT2D eigenvalue weighted by Crippen LogP contribution is 2.38. The molecule has 2 rings (SSSR count). The Morgan fingerprint density at radius 2 is 1.89 bits per heavy atom. The van der Waals surface area contributed by atoms with Gasteiger partial charge in [-0.2, -0.15) is 0 Å². The van der Waals surface area contributed by atoms with E-state index in [1.807, 2.05) is 12.1 Å². The second-order valence-electron chi connectivity index (χ2n) is 6.66. The summed E-state index contributed by atoms with van der Waals surface area (Å²) in [6, 6.07) is 8.10. The largest absolute Gasteiger partial charge is 0.508 e. The summed E-state index contributed by atoms with van der Waals surface area (Å²) in [5.74, 6) is 1.15. The van der Waals surface area contributed by atoms with Crippen LogP contribution in [0.2, 0.25) is 0 Å². The second kappa shape index (κ2) is 5.31. The van der Waals surface area contributed by atoms with E-state index in [2.05, 4.69) is 26.1 Å². The van der Waals surface area contributed by atoms with Crippen LogP contribution in [0.15, 0.2) is 24.3 Å². The van der Waals surface area contributed by atoms with Crippen LogP contribution in [0.1, 0.15) is 45.6 Å². The minimum Gasteiger partial charge on any atom is -0.508 e. The van der Waals surface area contributed by atoms with Gasteiger partial charge >= 0.3 is 0 Å². The van der Waals surface area contributed by atoms with Crippen LogP contribution in [-0.2, 0) is 6.54 Å². The Bertz CT molecular complexity index is 383. The molecule has 2 nitrogen and oxygen atoms in total. The van der Waals surface area contributed by atoms with Crippen molar-refractivity contribution in [3.8, 4) is 5.75 Å². The molecule has 0 bridgehead atoms. The predicted octanol–water partition coefficient (Wildman–Crippen LogP) is 3.70. The average molecular weight is 247 g/mol. The molecule has 1 aliphatic rings. The topological polar surface area (TPSA) is 32.3 Å². The monoisotopic (exact) mass is 247 g/mol. The molecule has 0 heterocycles. The Balaban J connectivity index is 1.88. The maximum atomic E-state index is 9.26. The molecule has 1 aliphatic carbocycles. The molecule has 1 aromatic rings. The van der Waals surface area contributed by atoms with Gasteiger partial charge in [-0.05, 0) is 48.3 Å². The number of benzene rings is 1. The molecule has 0 aliphatic heterocycles. The standard InChI is InChI=1S/C16H25NO/c1-12-8-14(10-16(2,3)9-12)17-11-13-4-6-15(18)7-5-13/h4-7,12,14,17-18H,8-11H2,1-3H3. The molecule has 1 aromatic carbocycles. The van der Waals surface area contributed by atoms with E-state index in [4.69, 9.17) is 0 Å². The van der Waals surface area contributed by atoms with E-state index < -0.39 is 0 Å². The summed E-state index contributed by atoms with van der Waals surface area (Å²) in [4.78, 5) is 0. The summed E-state index contributed by atoms with van der Waals surface area (Å²) >= 11 is 0. The van der Waals surface area contributed by atoms with Crippen molar-refractivity contribution in [2.75, 3.05) is 0 Å². The van der Waals surface area contributed by atoms with Crippen molar-refractivity contribution in [3.63, 3.8) is 0 Å². The molecule has 1 fully saturated rings. The number of phenols is 1. The fourth-order valence-corrected chi connectivity index (χ4v) is 3.38. The maximum Gasteiger partial charge on any atom is 0.115 e. The van der Waals surface area contributed by atoms with Crippen LogP contribution < -0.4 is 5.32 Å². The third kappa shape index (κ3) is 3.74. The summed E-state index contributed by atoms with van der Waals surface area (Å²) in [5.41, 5.74) is 1.70. The Morgan fingerprint density at radius 1 is 1.22 bits per heavy atom. The summed E-state index contributed by atoms with van der Waals surface area (Å²) in [5, 5.41) is 12.9. The third-order valence-electron chi connectivity index (χ3n) is 3.92. The zero-order valence-electron chi connectivity index (χ0n) is 11.7. The molecule has 0 radical (unpaired) electrons. The van der Waals surface area contributed by atoms with Gasteiger partial charge in [0.1, 0.15) is 5.75 Å². The van der Waals surface area contributed by atoms with Crippen molar-refractivity contribution in [1.82, 2.24) is 5.32 Å². The molecule has 18 heavy (non-hydrogen) atoms. The average Bonchev–Trinajstić information content (AvgIpc) is 2.25. The molecule has 2 heteroatoms. The number of rotatable bonds is 3. The van der Waals surface area contributed by atoms with Crippen LogP contribution in [0.25, 0.3) is 0 Å². The maximum absolute atomic E-state index is 9.26. The van der Waals surface area contributed by atoms with Crippen molar-refractivity contribution < 1.29 is 5.11 Å². The van der Waals surface area contributed by atoms with Gasteiger partial charge < -0.3 is 10.4 Å². The minimum absolute atomic E-state index is 0.339. The van der Waals surface area contributed by atoms with Crippen LogP contribution in [0, 0.1) is 11.3 Å². The molecule has 2 atom stereocenters. The van der Waals surface area contributed by atoms with E-state index in [9.17, 15) is 5.11 Å². The van der Waals surface area contributed by atoms with Crippen LogP contribution in [-0.4, -0.2) is 11.1 Å². The predicted molar refractivity (Wildman–Crippen MR) is 75.5 cm³/mol. The molecule has 0 saturated heterocycles. The van der Waals surface area contributed by atoms with Gasteiger partial charge in [0.2, 0.25) is 0 Å². The lowest BCUT2D eigenvalue weighted by Gasteiger charge is -2.39. The van der Waals surface area contributed by atoms with Gasteiger partial charge in [-0.3, -0.25) is 0 Å². The van der Waals surface area contributed by atoms with Crippen LogP contribution in [0.4, 0.5) is 0 Å². The number of nitrogens with one attached hydrogen (secondary N) is 1.